The van der Waals surface area contributed by atoms with Gasteiger partial charge in [-0.05, 0) is 35.0 Å². The van der Waals surface area contributed by atoms with Crippen LogP contribution in [-0.2, 0) is 0 Å². The average molecular weight is 314 g/mol. The van der Waals surface area contributed by atoms with E-state index in [9.17, 15) is 0 Å². The van der Waals surface area contributed by atoms with E-state index in [1.807, 2.05) is 25.1 Å². The van der Waals surface area contributed by atoms with Crippen LogP contribution in [0.5, 0.6) is 0 Å². The van der Waals surface area contributed by atoms with Gasteiger partial charge in [0.1, 0.15) is 0 Å². The fourth-order valence-electron chi connectivity index (χ4n) is 1.35. The van der Waals surface area contributed by atoms with Crippen molar-refractivity contribution in [2.45, 2.75) is 6.92 Å². The highest BCUT2D eigenvalue weighted by Crippen LogP contribution is 2.29. The van der Waals surface area contributed by atoms with E-state index in [0.29, 0.717) is 10.8 Å². The largest absolute Gasteiger partial charge is 0.368 e. The van der Waals surface area contributed by atoms with Crippen molar-refractivity contribution in [3.63, 3.8) is 0 Å². The molecule has 0 saturated heterocycles. The predicted molar refractivity (Wildman–Crippen MR) is 73.6 cm³/mol. The summed E-state index contributed by atoms with van der Waals surface area (Å²) in [5, 5.41) is 3.73. The SMILES string of the molecule is Cc1nc(N)nc(Nc2ccccc2Cl)c1Br. The number of para-hydroxylation sites is 1. The van der Waals surface area contributed by atoms with E-state index in [1.54, 1.807) is 6.07 Å². The zero-order valence-corrected chi connectivity index (χ0v) is 11.4. The molecule has 0 radical (unpaired) electrons. The quantitative estimate of drug-likeness (QED) is 0.890. The van der Waals surface area contributed by atoms with Crippen molar-refractivity contribution < 1.29 is 0 Å². The molecular weight excluding hydrogens is 304 g/mol. The molecule has 0 aliphatic heterocycles. The summed E-state index contributed by atoms with van der Waals surface area (Å²) in [5.74, 6) is 0.823. The molecule has 0 spiro atoms. The lowest BCUT2D eigenvalue weighted by Gasteiger charge is -2.10. The van der Waals surface area contributed by atoms with Crippen molar-refractivity contribution in [2.75, 3.05) is 11.1 Å². The molecule has 0 bridgehead atoms. The van der Waals surface area contributed by atoms with Gasteiger partial charge in [-0.3, -0.25) is 0 Å². The second-order valence-electron chi connectivity index (χ2n) is 3.43. The number of hydrogen-bond acceptors (Lipinski definition) is 4. The Morgan fingerprint density at radius 2 is 2.00 bits per heavy atom. The molecule has 1 heterocycles. The standard InChI is InChI=1S/C11H10BrClN4/c1-6-9(12)10(17-11(14)15-6)16-8-5-3-2-4-7(8)13/h2-5H,1H3,(H3,14,15,16,17). The third-order valence-electron chi connectivity index (χ3n) is 2.16. The number of hydrogen-bond donors (Lipinski definition) is 2. The summed E-state index contributed by atoms with van der Waals surface area (Å²) in [4.78, 5) is 8.16. The number of rotatable bonds is 2. The van der Waals surface area contributed by atoms with E-state index in [0.717, 1.165) is 15.9 Å². The van der Waals surface area contributed by atoms with Crippen LogP contribution in [0.3, 0.4) is 0 Å². The zero-order valence-electron chi connectivity index (χ0n) is 9.04. The molecule has 17 heavy (non-hydrogen) atoms. The summed E-state index contributed by atoms with van der Waals surface area (Å²) >= 11 is 9.46. The second-order valence-corrected chi connectivity index (χ2v) is 4.63. The van der Waals surface area contributed by atoms with Crippen LogP contribution >= 0.6 is 27.5 Å². The van der Waals surface area contributed by atoms with Gasteiger partial charge in [0, 0.05) is 0 Å². The van der Waals surface area contributed by atoms with E-state index < -0.39 is 0 Å². The third kappa shape index (κ3) is 2.68. The van der Waals surface area contributed by atoms with Crippen molar-refractivity contribution >= 4 is 45.0 Å². The number of anilines is 3. The first-order chi connectivity index (χ1) is 8.08. The highest BCUT2D eigenvalue weighted by molar-refractivity contribution is 9.10. The van der Waals surface area contributed by atoms with Gasteiger partial charge in [-0.2, -0.15) is 4.98 Å². The summed E-state index contributed by atoms with van der Waals surface area (Å²) in [7, 11) is 0. The molecule has 1 aromatic carbocycles. The molecule has 0 amide bonds. The van der Waals surface area contributed by atoms with Gasteiger partial charge < -0.3 is 11.1 Å². The Morgan fingerprint density at radius 3 is 2.71 bits per heavy atom. The normalized spacial score (nSPS) is 10.3. The number of nitrogen functional groups attached to an aromatic ring is 1. The first-order valence-electron chi connectivity index (χ1n) is 4.89. The highest BCUT2D eigenvalue weighted by atomic mass is 79.9. The second kappa shape index (κ2) is 4.89. The van der Waals surface area contributed by atoms with Crippen LogP contribution in [0.1, 0.15) is 5.69 Å². The predicted octanol–water partition coefficient (Wildman–Crippen LogP) is 3.53. The minimum atomic E-state index is 0.222. The number of nitrogens with zero attached hydrogens (tertiary/aromatic N) is 2. The number of aryl methyl sites for hydroxylation is 1. The van der Waals surface area contributed by atoms with Gasteiger partial charge >= 0.3 is 0 Å². The average Bonchev–Trinajstić information content (AvgIpc) is 2.28. The first-order valence-corrected chi connectivity index (χ1v) is 6.06. The molecule has 0 aliphatic rings. The monoisotopic (exact) mass is 312 g/mol. The van der Waals surface area contributed by atoms with Crippen LogP contribution in [0, 0.1) is 6.92 Å². The number of benzene rings is 1. The molecule has 2 rings (SSSR count). The third-order valence-corrected chi connectivity index (χ3v) is 3.44. The lowest BCUT2D eigenvalue weighted by Crippen LogP contribution is -2.03. The molecule has 1 aromatic heterocycles. The van der Waals surface area contributed by atoms with E-state index >= 15 is 0 Å². The molecule has 0 aliphatic carbocycles. The van der Waals surface area contributed by atoms with E-state index in [1.165, 1.54) is 0 Å². The Morgan fingerprint density at radius 1 is 1.29 bits per heavy atom. The minimum absolute atomic E-state index is 0.222. The van der Waals surface area contributed by atoms with Crippen LogP contribution in [-0.4, -0.2) is 9.97 Å². The van der Waals surface area contributed by atoms with E-state index in [2.05, 4.69) is 31.2 Å². The van der Waals surface area contributed by atoms with Crippen molar-refractivity contribution in [1.82, 2.24) is 9.97 Å². The maximum atomic E-state index is 6.05. The van der Waals surface area contributed by atoms with E-state index in [4.69, 9.17) is 17.3 Å². The Kier molecular flexibility index (Phi) is 3.49. The van der Waals surface area contributed by atoms with Crippen LogP contribution < -0.4 is 11.1 Å². The lowest BCUT2D eigenvalue weighted by atomic mass is 10.3. The highest BCUT2D eigenvalue weighted by Gasteiger charge is 2.09. The smallest absolute Gasteiger partial charge is 0.222 e. The van der Waals surface area contributed by atoms with Crippen LogP contribution in [0.2, 0.25) is 5.02 Å². The van der Waals surface area contributed by atoms with Crippen molar-refractivity contribution in [3.8, 4) is 0 Å². The molecule has 0 unspecified atom stereocenters. The lowest BCUT2D eigenvalue weighted by molar-refractivity contribution is 1.10. The Hall–Kier alpha value is -1.33. The van der Waals surface area contributed by atoms with Gasteiger partial charge in [0.25, 0.3) is 0 Å². The summed E-state index contributed by atoms with van der Waals surface area (Å²) in [5.41, 5.74) is 7.15. The van der Waals surface area contributed by atoms with Gasteiger partial charge in [-0.1, -0.05) is 23.7 Å². The van der Waals surface area contributed by atoms with Gasteiger partial charge in [-0.15, -0.1) is 0 Å². The Balaban J connectivity index is 2.40. The number of nitrogens with one attached hydrogen (secondary N) is 1. The first kappa shape index (κ1) is 12.1. The summed E-state index contributed by atoms with van der Waals surface area (Å²) in [6.45, 7) is 1.85. The topological polar surface area (TPSA) is 63.8 Å². The minimum Gasteiger partial charge on any atom is -0.368 e. The molecule has 6 heteroatoms. The Labute approximate surface area is 112 Å². The molecule has 3 N–H and O–H groups in total. The van der Waals surface area contributed by atoms with Crippen molar-refractivity contribution in [3.05, 3.63) is 39.5 Å². The van der Waals surface area contributed by atoms with Crippen LogP contribution in [0.15, 0.2) is 28.7 Å². The van der Waals surface area contributed by atoms with Gasteiger partial charge in [0.05, 0.1) is 20.9 Å². The van der Waals surface area contributed by atoms with E-state index in [-0.39, 0.29) is 5.95 Å². The fourth-order valence-corrected chi connectivity index (χ4v) is 1.81. The van der Waals surface area contributed by atoms with Crippen LogP contribution in [0.25, 0.3) is 0 Å². The molecule has 88 valence electrons. The molecule has 0 atom stereocenters. The van der Waals surface area contributed by atoms with Gasteiger partial charge in [0.2, 0.25) is 5.95 Å². The summed E-state index contributed by atoms with van der Waals surface area (Å²) in [6, 6.07) is 7.42. The van der Waals surface area contributed by atoms with Crippen LogP contribution in [0.4, 0.5) is 17.5 Å². The van der Waals surface area contributed by atoms with Gasteiger partial charge in [0.15, 0.2) is 5.82 Å². The Bertz CT molecular complexity index is 559. The molecule has 4 nitrogen and oxygen atoms in total. The maximum absolute atomic E-state index is 6.05. The van der Waals surface area contributed by atoms with Gasteiger partial charge in [-0.25, -0.2) is 4.98 Å². The number of aromatic nitrogens is 2. The number of halogens is 2. The molecule has 2 aromatic rings. The number of nitrogens with two attached hydrogens (primary N) is 1. The summed E-state index contributed by atoms with van der Waals surface area (Å²) < 4.78 is 0.770. The summed E-state index contributed by atoms with van der Waals surface area (Å²) in [6.07, 6.45) is 0. The maximum Gasteiger partial charge on any atom is 0.222 e. The molecule has 0 fully saturated rings. The fraction of sp³-hybridized carbons (Fsp3) is 0.0909. The van der Waals surface area contributed by atoms with Crippen molar-refractivity contribution in [1.29, 1.82) is 0 Å². The zero-order chi connectivity index (χ0) is 12.4. The molecule has 0 saturated carbocycles. The van der Waals surface area contributed by atoms with Crippen molar-refractivity contribution in [2.24, 2.45) is 0 Å². The molecular formula is C11H10BrClN4.